The van der Waals surface area contributed by atoms with Crippen LogP contribution in [0.15, 0.2) is 29.3 Å². The van der Waals surface area contributed by atoms with Crippen molar-refractivity contribution in [3.05, 3.63) is 29.8 Å². The normalized spacial score (nSPS) is 28.2. The first kappa shape index (κ1) is 19.6. The Morgan fingerprint density at radius 2 is 1.68 bits per heavy atom. The number of carbonyl (C=O) groups excluding carboxylic acids is 1. The lowest BCUT2D eigenvalue weighted by molar-refractivity contribution is -0.126. The maximum atomic E-state index is 13.6. The molecule has 0 bridgehead atoms. The summed E-state index contributed by atoms with van der Waals surface area (Å²) in [7, 11) is 0. The van der Waals surface area contributed by atoms with Crippen LogP contribution in [0.4, 0.5) is 5.69 Å². The third-order valence-electron chi connectivity index (χ3n) is 6.50. The molecule has 1 aliphatic carbocycles. The van der Waals surface area contributed by atoms with Gasteiger partial charge in [0, 0.05) is 13.1 Å². The minimum atomic E-state index is -0.504. The summed E-state index contributed by atoms with van der Waals surface area (Å²) in [5.41, 5.74) is 1.63. The fraction of sp³-hybridized carbons (Fsp3) is 0.652. The monoisotopic (exact) mass is 383 g/mol. The molecular weight excluding hydrogens is 350 g/mol. The first-order chi connectivity index (χ1) is 13.5. The zero-order chi connectivity index (χ0) is 19.7. The molecule has 0 N–H and O–H groups in total. The van der Waals surface area contributed by atoms with Crippen LogP contribution in [0.3, 0.4) is 0 Å². The molecule has 0 spiro atoms. The fourth-order valence-corrected chi connectivity index (χ4v) is 4.88. The highest BCUT2D eigenvalue weighted by atomic mass is 16.5. The van der Waals surface area contributed by atoms with Gasteiger partial charge in [0.1, 0.15) is 5.84 Å². The van der Waals surface area contributed by atoms with Crippen molar-refractivity contribution < 1.29 is 9.53 Å². The summed E-state index contributed by atoms with van der Waals surface area (Å²) >= 11 is 0. The highest BCUT2D eigenvalue weighted by Crippen LogP contribution is 2.40. The van der Waals surface area contributed by atoms with E-state index in [-0.39, 0.29) is 11.9 Å². The number of rotatable bonds is 3. The van der Waals surface area contributed by atoms with Gasteiger partial charge in [0.15, 0.2) is 0 Å². The van der Waals surface area contributed by atoms with Crippen LogP contribution >= 0.6 is 0 Å². The number of hydrogen-bond donors (Lipinski definition) is 0. The number of anilines is 1. The zero-order valence-electron chi connectivity index (χ0n) is 17.5. The maximum Gasteiger partial charge on any atom is 0.240 e. The molecule has 2 heterocycles. The lowest BCUT2D eigenvalue weighted by Crippen LogP contribution is -2.52. The van der Waals surface area contributed by atoms with Gasteiger partial charge in [-0.1, -0.05) is 37.0 Å². The van der Waals surface area contributed by atoms with E-state index in [1.165, 1.54) is 24.8 Å². The molecule has 0 unspecified atom stereocenters. The molecule has 5 nitrogen and oxygen atoms in total. The van der Waals surface area contributed by atoms with Crippen LogP contribution in [0.25, 0.3) is 0 Å². The number of amides is 1. The summed E-state index contributed by atoms with van der Waals surface area (Å²) in [6.45, 7) is 9.40. The summed E-state index contributed by atoms with van der Waals surface area (Å²) in [5.74, 6) is 1.11. The van der Waals surface area contributed by atoms with E-state index in [9.17, 15) is 4.79 Å². The van der Waals surface area contributed by atoms with Crippen molar-refractivity contribution >= 4 is 17.4 Å². The van der Waals surface area contributed by atoms with Gasteiger partial charge < -0.3 is 4.74 Å². The Labute approximate surface area is 168 Å². The fourth-order valence-electron chi connectivity index (χ4n) is 4.88. The SMILES string of the molecule is Cc1ccc(N2C(=O)C(C)(C)[C@@H](N3CCOCC3)C2=NC2CCCCC2)cc1. The number of ether oxygens (including phenoxy) is 1. The highest BCUT2D eigenvalue weighted by molar-refractivity contribution is 6.27. The summed E-state index contributed by atoms with van der Waals surface area (Å²) in [5, 5.41) is 0. The van der Waals surface area contributed by atoms with Crippen molar-refractivity contribution in [2.45, 2.75) is 65.0 Å². The predicted molar refractivity (Wildman–Crippen MR) is 113 cm³/mol. The Bertz CT molecular complexity index is 729. The van der Waals surface area contributed by atoms with E-state index in [0.29, 0.717) is 6.04 Å². The summed E-state index contributed by atoms with van der Waals surface area (Å²) in [6, 6.07) is 8.61. The first-order valence-electron chi connectivity index (χ1n) is 10.8. The highest BCUT2D eigenvalue weighted by Gasteiger charge is 2.55. The van der Waals surface area contributed by atoms with Gasteiger partial charge in [-0.3, -0.25) is 19.6 Å². The van der Waals surface area contributed by atoms with Crippen LogP contribution in [0.1, 0.15) is 51.5 Å². The standard InChI is InChI=1S/C23H33N3O2/c1-17-9-11-19(12-10-17)26-21(24-18-7-5-4-6-8-18)20(23(2,3)22(26)27)25-13-15-28-16-14-25/h9-12,18,20H,4-8,13-16H2,1-3H3/t20-/m0/s1. The van der Waals surface area contributed by atoms with Crippen molar-refractivity contribution in [1.29, 1.82) is 0 Å². The Morgan fingerprint density at radius 1 is 1.04 bits per heavy atom. The Kier molecular flexibility index (Phi) is 5.57. The molecule has 2 aliphatic heterocycles. The Morgan fingerprint density at radius 3 is 2.32 bits per heavy atom. The molecule has 3 aliphatic rings. The summed E-state index contributed by atoms with van der Waals surface area (Å²) < 4.78 is 5.58. The number of carbonyl (C=O) groups is 1. The van der Waals surface area contributed by atoms with Crippen LogP contribution in [0, 0.1) is 12.3 Å². The third-order valence-corrected chi connectivity index (χ3v) is 6.50. The van der Waals surface area contributed by atoms with Crippen LogP contribution in [0.5, 0.6) is 0 Å². The van der Waals surface area contributed by atoms with Gasteiger partial charge in [-0.05, 0) is 45.7 Å². The summed E-state index contributed by atoms with van der Waals surface area (Å²) in [4.78, 5) is 23.2. The average Bonchev–Trinajstić information content (AvgIpc) is 2.90. The van der Waals surface area contributed by atoms with Gasteiger partial charge in [0.2, 0.25) is 5.91 Å². The first-order valence-corrected chi connectivity index (χ1v) is 10.8. The molecule has 2 saturated heterocycles. The smallest absolute Gasteiger partial charge is 0.240 e. The number of nitrogens with zero attached hydrogens (tertiary/aromatic N) is 3. The lowest BCUT2D eigenvalue weighted by atomic mass is 9.85. The molecule has 0 radical (unpaired) electrons. The van der Waals surface area contributed by atoms with Crippen molar-refractivity contribution in [3.63, 3.8) is 0 Å². The predicted octanol–water partition coefficient (Wildman–Crippen LogP) is 3.80. The molecule has 152 valence electrons. The van der Waals surface area contributed by atoms with Crippen LogP contribution in [-0.4, -0.2) is 55.0 Å². The van der Waals surface area contributed by atoms with Crippen molar-refractivity contribution in [2.24, 2.45) is 10.4 Å². The molecule has 1 saturated carbocycles. The molecule has 1 aromatic rings. The number of aryl methyl sites for hydroxylation is 1. The lowest BCUT2D eigenvalue weighted by Gasteiger charge is -2.37. The van der Waals surface area contributed by atoms with Crippen LogP contribution < -0.4 is 4.90 Å². The molecule has 1 atom stereocenters. The van der Waals surface area contributed by atoms with Crippen molar-refractivity contribution in [1.82, 2.24) is 4.90 Å². The average molecular weight is 384 g/mol. The number of aliphatic imine (C=N–C) groups is 1. The van der Waals surface area contributed by atoms with Gasteiger partial charge in [0.05, 0.1) is 36.4 Å². The van der Waals surface area contributed by atoms with Gasteiger partial charge in [-0.2, -0.15) is 0 Å². The van der Waals surface area contributed by atoms with E-state index in [4.69, 9.17) is 9.73 Å². The Balaban J connectivity index is 1.77. The molecule has 5 heteroatoms. The molecule has 28 heavy (non-hydrogen) atoms. The second kappa shape index (κ2) is 7.96. The second-order valence-corrected chi connectivity index (χ2v) is 9.03. The maximum absolute atomic E-state index is 13.6. The molecule has 3 fully saturated rings. The molecular formula is C23H33N3O2. The minimum Gasteiger partial charge on any atom is -0.379 e. The minimum absolute atomic E-state index is 0.00660. The van der Waals surface area contributed by atoms with E-state index < -0.39 is 5.41 Å². The van der Waals surface area contributed by atoms with E-state index in [1.807, 2.05) is 4.90 Å². The van der Waals surface area contributed by atoms with Gasteiger partial charge in [-0.15, -0.1) is 0 Å². The van der Waals surface area contributed by atoms with E-state index in [1.54, 1.807) is 0 Å². The number of benzene rings is 1. The quantitative estimate of drug-likeness (QED) is 0.797. The van der Waals surface area contributed by atoms with E-state index in [2.05, 4.69) is 49.9 Å². The number of amidine groups is 1. The Hall–Kier alpha value is -1.72. The van der Waals surface area contributed by atoms with Crippen molar-refractivity contribution in [3.8, 4) is 0 Å². The molecule has 0 aromatic heterocycles. The second-order valence-electron chi connectivity index (χ2n) is 9.03. The van der Waals surface area contributed by atoms with Crippen LogP contribution in [0.2, 0.25) is 0 Å². The molecule has 1 amide bonds. The zero-order valence-corrected chi connectivity index (χ0v) is 17.5. The van der Waals surface area contributed by atoms with Crippen LogP contribution in [-0.2, 0) is 9.53 Å². The van der Waals surface area contributed by atoms with Gasteiger partial charge >= 0.3 is 0 Å². The van der Waals surface area contributed by atoms with Gasteiger partial charge in [0.25, 0.3) is 0 Å². The largest absolute Gasteiger partial charge is 0.379 e. The molecule has 1 aromatic carbocycles. The summed E-state index contributed by atoms with van der Waals surface area (Å²) in [6.07, 6.45) is 6.06. The number of morpholine rings is 1. The topological polar surface area (TPSA) is 45.1 Å². The van der Waals surface area contributed by atoms with Gasteiger partial charge in [-0.25, -0.2) is 0 Å². The van der Waals surface area contributed by atoms with E-state index in [0.717, 1.165) is 50.7 Å². The third kappa shape index (κ3) is 3.62. The number of hydrogen-bond acceptors (Lipinski definition) is 4. The molecule has 4 rings (SSSR count). The van der Waals surface area contributed by atoms with Crippen molar-refractivity contribution in [2.75, 3.05) is 31.2 Å². The van der Waals surface area contributed by atoms with E-state index >= 15 is 0 Å².